The van der Waals surface area contributed by atoms with Crippen molar-refractivity contribution in [2.45, 2.75) is 25.7 Å². The second-order valence-electron chi connectivity index (χ2n) is 3.43. The number of likely N-dealkylation sites (tertiary alicyclic amines) is 1. The maximum absolute atomic E-state index is 11.7. The molecule has 1 saturated heterocycles. The number of quaternary nitrogens is 1. The molecule has 70 valence electrons. The Morgan fingerprint density at radius 3 is 2.42 bits per heavy atom. The van der Waals surface area contributed by atoms with Crippen LogP contribution in [-0.4, -0.2) is 35.4 Å². The summed E-state index contributed by atoms with van der Waals surface area (Å²) in [5.74, 6) is -0.867. The van der Waals surface area contributed by atoms with Crippen LogP contribution in [-0.2, 0) is 4.79 Å². The van der Waals surface area contributed by atoms with Gasteiger partial charge in [-0.3, -0.25) is 4.79 Å². The summed E-state index contributed by atoms with van der Waals surface area (Å²) in [7, 11) is 0. The summed E-state index contributed by atoms with van der Waals surface area (Å²) in [6, 6.07) is 0. The van der Waals surface area contributed by atoms with Crippen molar-refractivity contribution in [1.82, 2.24) is 0 Å². The highest BCUT2D eigenvalue weighted by Crippen LogP contribution is 2.17. The normalized spacial score (nSPS) is 22.1. The van der Waals surface area contributed by atoms with Crippen LogP contribution in [0.25, 0.3) is 0 Å². The minimum absolute atomic E-state index is 0.00347. The molecule has 0 unspecified atom stereocenters. The summed E-state index contributed by atoms with van der Waals surface area (Å²) in [4.78, 5) is 10.2. The Kier molecular flexibility index (Phi) is 3.05. The van der Waals surface area contributed by atoms with Crippen molar-refractivity contribution < 1.29 is 14.5 Å². The van der Waals surface area contributed by atoms with Crippen LogP contribution in [0.5, 0.6) is 0 Å². The molecule has 0 radical (unpaired) electrons. The molecule has 0 amide bonds. The standard InChI is InChI=1S/C8H15NO3/c10-8(11)4-7-9(12)5-2-1-3-6-9/h1-7H2,(H,10,11). The number of hydroxylamine groups is 3. The predicted molar refractivity (Wildman–Crippen MR) is 44.3 cm³/mol. The van der Waals surface area contributed by atoms with Gasteiger partial charge in [0.25, 0.3) is 0 Å². The fourth-order valence-electron chi connectivity index (χ4n) is 1.61. The molecule has 0 aliphatic carbocycles. The van der Waals surface area contributed by atoms with Gasteiger partial charge in [-0.05, 0) is 19.3 Å². The first-order valence-corrected chi connectivity index (χ1v) is 4.41. The van der Waals surface area contributed by atoms with Crippen molar-refractivity contribution >= 4 is 5.97 Å². The molecule has 12 heavy (non-hydrogen) atoms. The van der Waals surface area contributed by atoms with E-state index >= 15 is 0 Å². The van der Waals surface area contributed by atoms with E-state index < -0.39 is 5.97 Å². The molecule has 1 aliphatic heterocycles. The number of aliphatic carboxylic acids is 1. The smallest absolute Gasteiger partial charge is 0.309 e. The zero-order valence-corrected chi connectivity index (χ0v) is 7.16. The molecule has 0 atom stereocenters. The van der Waals surface area contributed by atoms with Gasteiger partial charge >= 0.3 is 5.97 Å². The van der Waals surface area contributed by atoms with Gasteiger partial charge in [0.05, 0.1) is 26.1 Å². The van der Waals surface area contributed by atoms with Gasteiger partial charge in [-0.15, -0.1) is 0 Å². The summed E-state index contributed by atoms with van der Waals surface area (Å²) in [5, 5.41) is 20.1. The Hall–Kier alpha value is -0.610. The lowest BCUT2D eigenvalue weighted by Gasteiger charge is -2.45. The molecule has 1 fully saturated rings. The van der Waals surface area contributed by atoms with Gasteiger partial charge in [0.1, 0.15) is 0 Å². The zero-order chi connectivity index (χ0) is 9.03. The number of rotatable bonds is 3. The lowest BCUT2D eigenvalue weighted by Crippen LogP contribution is -2.47. The molecule has 4 nitrogen and oxygen atoms in total. The molecule has 1 rings (SSSR count). The van der Waals surface area contributed by atoms with Crippen molar-refractivity contribution in [1.29, 1.82) is 0 Å². The van der Waals surface area contributed by atoms with Crippen LogP contribution >= 0.6 is 0 Å². The highest BCUT2D eigenvalue weighted by molar-refractivity contribution is 5.66. The van der Waals surface area contributed by atoms with Crippen LogP contribution in [0.3, 0.4) is 0 Å². The number of hydrogen-bond donors (Lipinski definition) is 1. The van der Waals surface area contributed by atoms with E-state index in [9.17, 15) is 10.0 Å². The fraction of sp³-hybridized carbons (Fsp3) is 0.875. The molecule has 4 heteroatoms. The van der Waals surface area contributed by atoms with Crippen molar-refractivity contribution in [2.24, 2.45) is 0 Å². The summed E-state index contributed by atoms with van der Waals surface area (Å²) < 4.78 is -0.285. The third-order valence-corrected chi connectivity index (χ3v) is 2.36. The molecule has 0 spiro atoms. The van der Waals surface area contributed by atoms with Crippen molar-refractivity contribution in [2.75, 3.05) is 19.6 Å². The number of nitrogens with zero attached hydrogens (tertiary/aromatic N) is 1. The zero-order valence-electron chi connectivity index (χ0n) is 7.16. The molecule has 0 bridgehead atoms. The van der Waals surface area contributed by atoms with Gasteiger partial charge in [-0.25, -0.2) is 0 Å². The van der Waals surface area contributed by atoms with Crippen molar-refractivity contribution in [3.8, 4) is 0 Å². The molecule has 0 aromatic rings. The number of hydrogen-bond acceptors (Lipinski definition) is 2. The van der Waals surface area contributed by atoms with E-state index in [0.29, 0.717) is 13.1 Å². The average molecular weight is 173 g/mol. The van der Waals surface area contributed by atoms with Gasteiger partial charge in [-0.2, -0.15) is 0 Å². The van der Waals surface area contributed by atoms with Crippen LogP contribution in [0.15, 0.2) is 0 Å². The van der Waals surface area contributed by atoms with Crippen molar-refractivity contribution in [3.63, 3.8) is 0 Å². The van der Waals surface area contributed by atoms with E-state index in [1.165, 1.54) is 0 Å². The monoisotopic (exact) mass is 173 g/mol. The van der Waals surface area contributed by atoms with E-state index in [-0.39, 0.29) is 17.6 Å². The maximum Gasteiger partial charge on any atom is 0.309 e. The average Bonchev–Trinajstić information content (AvgIpc) is 2.03. The second kappa shape index (κ2) is 3.87. The van der Waals surface area contributed by atoms with Crippen LogP contribution in [0.4, 0.5) is 0 Å². The highest BCUT2D eigenvalue weighted by atomic mass is 16.5. The molecule has 1 heterocycles. The molecule has 1 aliphatic rings. The first kappa shape index (κ1) is 9.48. The molecular weight excluding hydrogens is 158 g/mol. The molecule has 0 aromatic heterocycles. The minimum atomic E-state index is -0.867. The molecule has 0 aromatic carbocycles. The van der Waals surface area contributed by atoms with E-state index in [4.69, 9.17) is 5.11 Å². The summed E-state index contributed by atoms with van der Waals surface area (Å²) in [6.07, 6.45) is 3.02. The second-order valence-corrected chi connectivity index (χ2v) is 3.43. The third-order valence-electron chi connectivity index (χ3n) is 2.36. The molecule has 0 saturated carbocycles. The SMILES string of the molecule is O=C(O)CC[N+]1([O-])CCCCC1. The number of carboxylic acids is 1. The number of carbonyl (C=O) groups is 1. The topological polar surface area (TPSA) is 60.4 Å². The van der Waals surface area contributed by atoms with Crippen LogP contribution in [0, 0.1) is 5.21 Å². The quantitative estimate of drug-likeness (QED) is 0.510. The summed E-state index contributed by atoms with van der Waals surface area (Å²) in [6.45, 7) is 1.45. The van der Waals surface area contributed by atoms with E-state index in [0.717, 1.165) is 19.3 Å². The highest BCUT2D eigenvalue weighted by Gasteiger charge is 2.21. The lowest BCUT2D eigenvalue weighted by atomic mass is 10.1. The molecule has 1 N–H and O–H groups in total. The van der Waals surface area contributed by atoms with Crippen molar-refractivity contribution in [3.05, 3.63) is 5.21 Å². The van der Waals surface area contributed by atoms with Gasteiger partial charge in [0.2, 0.25) is 0 Å². The van der Waals surface area contributed by atoms with Gasteiger partial charge in [-0.1, -0.05) is 0 Å². The maximum atomic E-state index is 11.7. The van der Waals surface area contributed by atoms with Gasteiger partial charge in [0, 0.05) is 0 Å². The Bertz CT molecular complexity index is 164. The molecular formula is C8H15NO3. The Labute approximate surface area is 72.0 Å². The Morgan fingerprint density at radius 2 is 1.92 bits per heavy atom. The van der Waals surface area contributed by atoms with E-state index in [1.807, 2.05) is 0 Å². The Balaban J connectivity index is 2.31. The third kappa shape index (κ3) is 2.79. The first-order chi connectivity index (χ1) is 5.62. The summed E-state index contributed by atoms with van der Waals surface area (Å²) in [5.41, 5.74) is 0. The lowest BCUT2D eigenvalue weighted by molar-refractivity contribution is -0.884. The van der Waals surface area contributed by atoms with Crippen LogP contribution in [0.1, 0.15) is 25.7 Å². The van der Waals surface area contributed by atoms with Crippen LogP contribution in [0.2, 0.25) is 0 Å². The van der Waals surface area contributed by atoms with E-state index in [2.05, 4.69) is 0 Å². The summed E-state index contributed by atoms with van der Waals surface area (Å²) >= 11 is 0. The van der Waals surface area contributed by atoms with Crippen LogP contribution < -0.4 is 0 Å². The number of piperidine rings is 1. The largest absolute Gasteiger partial charge is 0.633 e. The first-order valence-electron chi connectivity index (χ1n) is 4.41. The Morgan fingerprint density at radius 1 is 1.33 bits per heavy atom. The minimum Gasteiger partial charge on any atom is -0.633 e. The predicted octanol–water partition coefficient (Wildman–Crippen LogP) is 0.960. The van der Waals surface area contributed by atoms with Gasteiger partial charge in [0.15, 0.2) is 0 Å². The number of carboxylic acid groups (broad SMARTS) is 1. The van der Waals surface area contributed by atoms with E-state index in [1.54, 1.807) is 0 Å². The van der Waals surface area contributed by atoms with Gasteiger partial charge < -0.3 is 15.0 Å². The fourth-order valence-corrected chi connectivity index (χ4v) is 1.61.